The molecule has 0 radical (unpaired) electrons. The fraction of sp³-hybridized carbons (Fsp3) is 0.619. The predicted molar refractivity (Wildman–Crippen MR) is 106 cm³/mol. The van der Waals surface area contributed by atoms with E-state index in [0.717, 1.165) is 23.4 Å². The summed E-state index contributed by atoms with van der Waals surface area (Å²) in [5.41, 5.74) is 3.05. The van der Waals surface area contributed by atoms with Crippen LogP contribution in [0.2, 0.25) is 0 Å². The molecule has 0 bridgehead atoms. The van der Waals surface area contributed by atoms with Crippen LogP contribution in [0.4, 0.5) is 5.69 Å². The molecular weight excluding hydrogens is 326 g/mol. The second kappa shape index (κ2) is 9.72. The number of amides is 2. The second-order valence-electron chi connectivity index (χ2n) is 7.64. The van der Waals surface area contributed by atoms with Crippen molar-refractivity contribution in [2.75, 3.05) is 25.5 Å². The Morgan fingerprint density at radius 2 is 1.88 bits per heavy atom. The molecule has 5 nitrogen and oxygen atoms in total. The average molecular weight is 360 g/mol. The summed E-state index contributed by atoms with van der Waals surface area (Å²) in [6.07, 6.45) is 6.29. The molecule has 1 saturated carbocycles. The first-order valence-corrected chi connectivity index (χ1v) is 9.72. The quantitative estimate of drug-likeness (QED) is 0.785. The maximum atomic E-state index is 12.4. The van der Waals surface area contributed by atoms with Crippen LogP contribution in [0.3, 0.4) is 0 Å². The van der Waals surface area contributed by atoms with Crippen LogP contribution < -0.4 is 10.6 Å². The number of hydrogen-bond acceptors (Lipinski definition) is 3. The van der Waals surface area contributed by atoms with Crippen molar-refractivity contribution in [3.8, 4) is 0 Å². The highest BCUT2D eigenvalue weighted by molar-refractivity contribution is 5.93. The molecule has 0 heterocycles. The van der Waals surface area contributed by atoms with E-state index in [4.69, 9.17) is 0 Å². The van der Waals surface area contributed by atoms with Crippen molar-refractivity contribution in [1.29, 1.82) is 0 Å². The van der Waals surface area contributed by atoms with E-state index in [1.54, 1.807) is 4.90 Å². The largest absolute Gasteiger partial charge is 0.354 e. The molecule has 1 aliphatic rings. The maximum Gasteiger partial charge on any atom is 0.238 e. The van der Waals surface area contributed by atoms with E-state index in [-0.39, 0.29) is 24.4 Å². The number of hydrogen-bond donors (Lipinski definition) is 2. The molecule has 26 heavy (non-hydrogen) atoms. The molecule has 1 atom stereocenters. The van der Waals surface area contributed by atoms with Crippen LogP contribution in [0.25, 0.3) is 0 Å². The molecule has 2 amide bonds. The van der Waals surface area contributed by atoms with Crippen molar-refractivity contribution in [2.24, 2.45) is 5.92 Å². The summed E-state index contributed by atoms with van der Waals surface area (Å²) < 4.78 is 0. The van der Waals surface area contributed by atoms with Gasteiger partial charge in [0, 0.05) is 12.2 Å². The number of likely N-dealkylation sites (N-methyl/N-ethyl adjacent to an activating group) is 1. The average Bonchev–Trinajstić information content (AvgIpc) is 2.63. The van der Waals surface area contributed by atoms with Gasteiger partial charge in [-0.25, -0.2) is 0 Å². The number of anilines is 1. The Bertz CT molecular complexity index is 624. The lowest BCUT2D eigenvalue weighted by atomic mass is 9.89. The summed E-state index contributed by atoms with van der Waals surface area (Å²) in [4.78, 5) is 26.5. The van der Waals surface area contributed by atoms with Gasteiger partial charge in [-0.3, -0.25) is 14.5 Å². The summed E-state index contributed by atoms with van der Waals surface area (Å²) in [6.45, 7) is 6.81. The zero-order chi connectivity index (χ0) is 19.1. The minimum atomic E-state index is -0.331. The van der Waals surface area contributed by atoms with Gasteiger partial charge in [-0.2, -0.15) is 0 Å². The smallest absolute Gasteiger partial charge is 0.238 e. The van der Waals surface area contributed by atoms with Crippen molar-refractivity contribution in [3.05, 3.63) is 29.3 Å². The third-order valence-corrected chi connectivity index (χ3v) is 5.60. The summed E-state index contributed by atoms with van der Waals surface area (Å²) >= 11 is 0. The van der Waals surface area contributed by atoms with Gasteiger partial charge in [0.15, 0.2) is 0 Å². The lowest BCUT2D eigenvalue weighted by Crippen LogP contribution is -2.47. The van der Waals surface area contributed by atoms with Crippen LogP contribution >= 0.6 is 0 Å². The molecule has 1 aromatic carbocycles. The Balaban J connectivity index is 1.79. The van der Waals surface area contributed by atoms with E-state index < -0.39 is 0 Å². The highest BCUT2D eigenvalue weighted by Gasteiger charge is 2.22. The van der Waals surface area contributed by atoms with Crippen LogP contribution in [-0.4, -0.2) is 42.9 Å². The lowest BCUT2D eigenvalue weighted by Gasteiger charge is -2.26. The van der Waals surface area contributed by atoms with Gasteiger partial charge in [0.1, 0.15) is 0 Å². The molecular formula is C21H33N3O2. The fourth-order valence-electron chi connectivity index (χ4n) is 3.42. The first-order valence-electron chi connectivity index (χ1n) is 9.72. The molecule has 144 valence electrons. The number of carbonyl (C=O) groups excluding carboxylic acids is 2. The summed E-state index contributed by atoms with van der Waals surface area (Å²) in [7, 11) is 1.81. The van der Waals surface area contributed by atoms with Crippen LogP contribution in [-0.2, 0) is 9.59 Å². The van der Waals surface area contributed by atoms with Crippen molar-refractivity contribution >= 4 is 17.5 Å². The van der Waals surface area contributed by atoms with Crippen molar-refractivity contribution in [2.45, 2.75) is 58.9 Å². The Hall–Kier alpha value is -1.88. The third-order valence-electron chi connectivity index (χ3n) is 5.60. The number of aryl methyl sites for hydroxylation is 1. The SMILES string of the molecule is Cc1cccc(NC(=O)CN(C)C(C)C(=O)NCC2CCCCC2)c1C. The maximum absolute atomic E-state index is 12.4. The Morgan fingerprint density at radius 3 is 2.58 bits per heavy atom. The third kappa shape index (κ3) is 5.84. The summed E-state index contributed by atoms with van der Waals surface area (Å²) in [6, 6.07) is 5.53. The molecule has 5 heteroatoms. The minimum Gasteiger partial charge on any atom is -0.354 e. The predicted octanol–water partition coefficient (Wildman–Crippen LogP) is 3.26. The van der Waals surface area contributed by atoms with E-state index in [1.165, 1.54) is 32.1 Å². The standard InChI is InChI=1S/C21H33N3O2/c1-15-9-8-12-19(16(15)2)23-20(25)14-24(4)17(3)21(26)22-13-18-10-6-5-7-11-18/h8-9,12,17-18H,5-7,10-11,13-14H2,1-4H3,(H,22,26)(H,23,25). The van der Waals surface area contributed by atoms with Gasteiger partial charge in [0.2, 0.25) is 11.8 Å². The highest BCUT2D eigenvalue weighted by atomic mass is 16.2. The summed E-state index contributed by atoms with van der Waals surface area (Å²) in [5.74, 6) is 0.503. The van der Waals surface area contributed by atoms with E-state index >= 15 is 0 Å². The molecule has 0 saturated heterocycles. The van der Waals surface area contributed by atoms with Crippen LogP contribution in [0.1, 0.15) is 50.2 Å². The van der Waals surface area contributed by atoms with Gasteiger partial charge < -0.3 is 10.6 Å². The fourth-order valence-corrected chi connectivity index (χ4v) is 3.42. The van der Waals surface area contributed by atoms with Gasteiger partial charge in [-0.15, -0.1) is 0 Å². The lowest BCUT2D eigenvalue weighted by molar-refractivity contribution is -0.126. The van der Waals surface area contributed by atoms with Gasteiger partial charge in [0.05, 0.1) is 12.6 Å². The molecule has 2 rings (SSSR count). The van der Waals surface area contributed by atoms with Gasteiger partial charge in [0.25, 0.3) is 0 Å². The Labute approximate surface area is 157 Å². The molecule has 0 spiro atoms. The first-order chi connectivity index (χ1) is 12.4. The van der Waals surface area contributed by atoms with E-state index in [0.29, 0.717) is 5.92 Å². The van der Waals surface area contributed by atoms with E-state index in [1.807, 2.05) is 46.0 Å². The van der Waals surface area contributed by atoms with Gasteiger partial charge in [-0.05, 0) is 63.8 Å². The number of rotatable bonds is 7. The number of benzene rings is 1. The van der Waals surface area contributed by atoms with Crippen LogP contribution in [0.15, 0.2) is 18.2 Å². The van der Waals surface area contributed by atoms with E-state index in [9.17, 15) is 9.59 Å². The monoisotopic (exact) mass is 359 g/mol. The summed E-state index contributed by atoms with van der Waals surface area (Å²) in [5, 5.41) is 6.01. The molecule has 0 aromatic heterocycles. The zero-order valence-corrected chi connectivity index (χ0v) is 16.6. The Morgan fingerprint density at radius 1 is 1.19 bits per heavy atom. The number of nitrogens with zero attached hydrogens (tertiary/aromatic N) is 1. The van der Waals surface area contributed by atoms with Crippen LogP contribution in [0, 0.1) is 19.8 Å². The van der Waals surface area contributed by atoms with Gasteiger partial charge >= 0.3 is 0 Å². The number of carbonyl (C=O) groups is 2. The van der Waals surface area contributed by atoms with E-state index in [2.05, 4.69) is 10.6 Å². The molecule has 1 fully saturated rings. The highest BCUT2D eigenvalue weighted by Crippen LogP contribution is 2.22. The van der Waals surface area contributed by atoms with Crippen molar-refractivity contribution in [1.82, 2.24) is 10.2 Å². The second-order valence-corrected chi connectivity index (χ2v) is 7.64. The number of nitrogens with one attached hydrogen (secondary N) is 2. The topological polar surface area (TPSA) is 61.4 Å². The first kappa shape index (κ1) is 20.4. The Kier molecular flexibility index (Phi) is 7.64. The molecule has 1 aliphatic carbocycles. The molecule has 0 aliphatic heterocycles. The van der Waals surface area contributed by atoms with Crippen molar-refractivity contribution in [3.63, 3.8) is 0 Å². The molecule has 1 aromatic rings. The van der Waals surface area contributed by atoms with Crippen molar-refractivity contribution < 1.29 is 9.59 Å². The minimum absolute atomic E-state index is 0.00221. The molecule has 1 unspecified atom stereocenters. The van der Waals surface area contributed by atoms with Crippen LogP contribution in [0.5, 0.6) is 0 Å². The zero-order valence-electron chi connectivity index (χ0n) is 16.6. The van der Waals surface area contributed by atoms with Gasteiger partial charge in [-0.1, -0.05) is 31.4 Å². The normalized spacial score (nSPS) is 16.3. The molecule has 2 N–H and O–H groups in total.